The van der Waals surface area contributed by atoms with Crippen LogP contribution in [-0.2, 0) is 4.79 Å². The average Bonchev–Trinajstić information content (AvgIpc) is 2.89. The summed E-state index contributed by atoms with van der Waals surface area (Å²) in [5, 5.41) is 0.816. The number of nitrogens with zero attached hydrogens (tertiary/aromatic N) is 1. The quantitative estimate of drug-likeness (QED) is 0.861. The molecule has 0 bridgehead atoms. The average molecular weight is 311 g/mol. The zero-order valence-electron chi connectivity index (χ0n) is 9.48. The lowest BCUT2D eigenvalue weighted by Gasteiger charge is -2.16. The van der Waals surface area contributed by atoms with Crippen LogP contribution < -0.4 is 10.7 Å². The number of amides is 1. The molecule has 2 heterocycles. The zero-order valence-corrected chi connectivity index (χ0v) is 11.1. The van der Waals surface area contributed by atoms with Gasteiger partial charge >= 0.3 is 5.76 Å². The molecule has 0 radical (unpaired) electrons. The molecular weight excluding hydrogens is 300 g/mol. The smallest absolute Gasteiger partial charge is 0.408 e. The molecule has 0 spiro atoms. The number of aromatic amines is 1. The van der Waals surface area contributed by atoms with E-state index in [2.05, 4.69) is 20.9 Å². The van der Waals surface area contributed by atoms with E-state index in [4.69, 9.17) is 4.42 Å². The van der Waals surface area contributed by atoms with Crippen LogP contribution in [0.25, 0.3) is 11.1 Å². The van der Waals surface area contributed by atoms with Crippen molar-refractivity contribution >= 4 is 38.6 Å². The van der Waals surface area contributed by atoms with Crippen molar-refractivity contribution in [2.75, 3.05) is 16.8 Å². The van der Waals surface area contributed by atoms with Crippen molar-refractivity contribution in [2.24, 2.45) is 5.92 Å². The monoisotopic (exact) mass is 310 g/mol. The lowest BCUT2D eigenvalue weighted by molar-refractivity contribution is -0.117. The fourth-order valence-corrected chi connectivity index (χ4v) is 2.67. The Morgan fingerprint density at radius 2 is 2.28 bits per heavy atom. The number of rotatable bonds is 2. The Morgan fingerprint density at radius 3 is 3.00 bits per heavy atom. The molecule has 1 saturated heterocycles. The van der Waals surface area contributed by atoms with Gasteiger partial charge in [-0.3, -0.25) is 9.78 Å². The maximum Gasteiger partial charge on any atom is 0.417 e. The van der Waals surface area contributed by atoms with Gasteiger partial charge in [0.15, 0.2) is 5.58 Å². The molecule has 1 aliphatic rings. The summed E-state index contributed by atoms with van der Waals surface area (Å²) in [7, 11) is 0. The summed E-state index contributed by atoms with van der Waals surface area (Å²) < 4.78 is 5.00. The molecule has 1 aliphatic heterocycles. The van der Waals surface area contributed by atoms with Gasteiger partial charge in [-0.05, 0) is 18.1 Å². The molecule has 2 aromatic rings. The Hall–Kier alpha value is -1.56. The van der Waals surface area contributed by atoms with Crippen molar-refractivity contribution in [2.45, 2.75) is 6.42 Å². The molecule has 1 aromatic heterocycles. The number of hydrogen-bond donors (Lipinski definition) is 1. The van der Waals surface area contributed by atoms with E-state index >= 15 is 0 Å². The summed E-state index contributed by atoms with van der Waals surface area (Å²) in [5.41, 5.74) is 1.90. The normalized spacial score (nSPS) is 19.9. The summed E-state index contributed by atoms with van der Waals surface area (Å²) in [6.07, 6.45) is 0.556. The molecule has 94 valence electrons. The second-order valence-corrected chi connectivity index (χ2v) is 5.07. The van der Waals surface area contributed by atoms with Crippen molar-refractivity contribution < 1.29 is 9.21 Å². The molecule has 0 saturated carbocycles. The summed E-state index contributed by atoms with van der Waals surface area (Å²) in [5.74, 6) is -0.0312. The molecule has 1 atom stereocenters. The molecule has 5 nitrogen and oxygen atoms in total. The molecule has 1 N–H and O–H groups in total. The van der Waals surface area contributed by atoms with Crippen LogP contribution in [0.15, 0.2) is 27.4 Å². The molecule has 1 unspecified atom stereocenters. The van der Waals surface area contributed by atoms with Crippen LogP contribution in [-0.4, -0.2) is 22.8 Å². The highest BCUT2D eigenvalue weighted by atomic mass is 79.9. The zero-order chi connectivity index (χ0) is 12.7. The van der Waals surface area contributed by atoms with E-state index in [-0.39, 0.29) is 5.91 Å². The highest BCUT2D eigenvalue weighted by Gasteiger charge is 2.29. The van der Waals surface area contributed by atoms with E-state index in [1.54, 1.807) is 17.0 Å². The van der Waals surface area contributed by atoms with Gasteiger partial charge in [0.05, 0.1) is 5.52 Å². The third-order valence-corrected chi connectivity index (χ3v) is 4.06. The second kappa shape index (κ2) is 4.28. The number of anilines is 1. The first kappa shape index (κ1) is 11.5. The second-order valence-electron chi connectivity index (χ2n) is 4.42. The summed E-state index contributed by atoms with van der Waals surface area (Å²) >= 11 is 3.40. The number of H-pyrrole nitrogens is 1. The topological polar surface area (TPSA) is 66.3 Å². The first-order valence-corrected chi connectivity index (χ1v) is 6.79. The Kier molecular flexibility index (Phi) is 2.74. The SMILES string of the molecule is O=C1CC(CBr)CN1c1ccc2[nH]c(=O)oc2c1. The van der Waals surface area contributed by atoms with Gasteiger partial charge in [-0.25, -0.2) is 4.79 Å². The lowest BCUT2D eigenvalue weighted by atomic mass is 10.2. The summed E-state index contributed by atoms with van der Waals surface area (Å²) in [6, 6.07) is 5.30. The molecule has 1 amide bonds. The minimum Gasteiger partial charge on any atom is -0.408 e. The Morgan fingerprint density at radius 1 is 1.44 bits per heavy atom. The Balaban J connectivity index is 1.99. The summed E-state index contributed by atoms with van der Waals surface area (Å²) in [6.45, 7) is 0.699. The van der Waals surface area contributed by atoms with Gasteiger partial charge in [-0.1, -0.05) is 15.9 Å². The Labute approximate surface area is 111 Å². The summed E-state index contributed by atoms with van der Waals surface area (Å²) in [4.78, 5) is 27.3. The number of fused-ring (bicyclic) bond motifs is 1. The minimum atomic E-state index is -0.478. The molecule has 6 heteroatoms. The van der Waals surface area contributed by atoms with Gasteiger partial charge in [0, 0.05) is 30.0 Å². The fraction of sp³-hybridized carbons (Fsp3) is 0.333. The molecule has 3 rings (SSSR count). The van der Waals surface area contributed by atoms with Crippen LogP contribution in [0.3, 0.4) is 0 Å². The highest BCUT2D eigenvalue weighted by Crippen LogP contribution is 2.28. The van der Waals surface area contributed by atoms with Crippen LogP contribution in [0.4, 0.5) is 5.69 Å². The molecule has 18 heavy (non-hydrogen) atoms. The number of alkyl halides is 1. The van der Waals surface area contributed by atoms with Gasteiger partial charge in [0.2, 0.25) is 5.91 Å². The fourth-order valence-electron chi connectivity index (χ4n) is 2.24. The third kappa shape index (κ3) is 1.86. The predicted molar refractivity (Wildman–Crippen MR) is 71.1 cm³/mol. The number of carbonyl (C=O) groups excluding carboxylic acids is 1. The van der Waals surface area contributed by atoms with E-state index in [0.29, 0.717) is 30.0 Å². The standard InChI is InChI=1S/C12H11BrN2O3/c13-5-7-3-11(16)15(6-7)8-1-2-9-10(4-8)18-12(17)14-9/h1-2,4,7H,3,5-6H2,(H,14,17). The maximum absolute atomic E-state index is 11.9. The van der Waals surface area contributed by atoms with E-state index in [9.17, 15) is 9.59 Å². The number of halogens is 1. The molecule has 1 fully saturated rings. The number of nitrogens with one attached hydrogen (secondary N) is 1. The van der Waals surface area contributed by atoms with Crippen LogP contribution in [0.2, 0.25) is 0 Å². The van der Waals surface area contributed by atoms with E-state index < -0.39 is 5.76 Å². The first-order valence-electron chi connectivity index (χ1n) is 5.66. The van der Waals surface area contributed by atoms with Crippen molar-refractivity contribution in [3.05, 3.63) is 28.7 Å². The maximum atomic E-state index is 11.9. The predicted octanol–water partition coefficient (Wildman–Crippen LogP) is 1.87. The first-order chi connectivity index (χ1) is 8.67. The van der Waals surface area contributed by atoms with Gasteiger partial charge in [0.25, 0.3) is 0 Å². The van der Waals surface area contributed by atoms with Crippen LogP contribution in [0, 0.1) is 5.92 Å². The minimum absolute atomic E-state index is 0.108. The van der Waals surface area contributed by atoms with Gasteiger partial charge in [-0.2, -0.15) is 0 Å². The number of carbonyl (C=O) groups is 1. The number of benzene rings is 1. The Bertz CT molecular complexity index is 661. The highest BCUT2D eigenvalue weighted by molar-refractivity contribution is 9.09. The number of oxazole rings is 1. The van der Waals surface area contributed by atoms with Crippen molar-refractivity contribution in [3.63, 3.8) is 0 Å². The molecule has 0 aliphatic carbocycles. The van der Waals surface area contributed by atoms with Crippen LogP contribution >= 0.6 is 15.9 Å². The number of hydrogen-bond acceptors (Lipinski definition) is 3. The van der Waals surface area contributed by atoms with Crippen molar-refractivity contribution in [1.82, 2.24) is 4.98 Å². The van der Waals surface area contributed by atoms with Crippen molar-refractivity contribution in [1.29, 1.82) is 0 Å². The molecular formula is C12H11BrN2O3. The molecule has 1 aromatic carbocycles. The van der Waals surface area contributed by atoms with E-state index in [1.807, 2.05) is 6.07 Å². The van der Waals surface area contributed by atoms with Gasteiger partial charge in [0.1, 0.15) is 0 Å². The van der Waals surface area contributed by atoms with Crippen LogP contribution in [0.5, 0.6) is 0 Å². The number of aromatic nitrogens is 1. The van der Waals surface area contributed by atoms with Crippen LogP contribution in [0.1, 0.15) is 6.42 Å². The lowest BCUT2D eigenvalue weighted by Crippen LogP contribution is -2.24. The van der Waals surface area contributed by atoms with Gasteiger partial charge in [-0.15, -0.1) is 0 Å². The van der Waals surface area contributed by atoms with Crippen molar-refractivity contribution in [3.8, 4) is 0 Å². The van der Waals surface area contributed by atoms with E-state index in [1.165, 1.54) is 0 Å². The largest absolute Gasteiger partial charge is 0.417 e. The van der Waals surface area contributed by atoms with Gasteiger partial charge < -0.3 is 9.32 Å². The van der Waals surface area contributed by atoms with E-state index in [0.717, 1.165) is 11.0 Å². The third-order valence-electron chi connectivity index (χ3n) is 3.14.